The van der Waals surface area contributed by atoms with E-state index < -0.39 is 0 Å². The Labute approximate surface area is 134 Å². The van der Waals surface area contributed by atoms with Gasteiger partial charge in [-0.1, -0.05) is 5.16 Å². The lowest BCUT2D eigenvalue weighted by atomic mass is 9.91. The maximum Gasteiger partial charge on any atom is 0.226 e. The van der Waals surface area contributed by atoms with Gasteiger partial charge in [0.05, 0.1) is 23.9 Å². The molecule has 0 saturated carbocycles. The molecule has 1 fully saturated rings. The fourth-order valence-electron chi connectivity index (χ4n) is 3.56. The zero-order valence-corrected chi connectivity index (χ0v) is 13.5. The molecule has 23 heavy (non-hydrogen) atoms. The lowest BCUT2D eigenvalue weighted by Gasteiger charge is -2.31. The molecule has 7 nitrogen and oxygen atoms in total. The molecule has 1 unspecified atom stereocenters. The average molecular weight is 315 g/mol. The van der Waals surface area contributed by atoms with E-state index in [1.54, 1.807) is 0 Å². The summed E-state index contributed by atoms with van der Waals surface area (Å²) in [6, 6.07) is 2.24. The summed E-state index contributed by atoms with van der Waals surface area (Å²) in [5.41, 5.74) is 1.86. The third-order valence-corrected chi connectivity index (χ3v) is 4.87. The minimum atomic E-state index is -0.0973. The predicted molar refractivity (Wildman–Crippen MR) is 84.3 cm³/mol. The number of nitrogens with zero attached hydrogens (tertiary/aromatic N) is 4. The van der Waals surface area contributed by atoms with Gasteiger partial charge in [0.15, 0.2) is 0 Å². The summed E-state index contributed by atoms with van der Waals surface area (Å²) in [6.45, 7) is 3.99. The summed E-state index contributed by atoms with van der Waals surface area (Å²) in [4.78, 5) is 14.5. The largest absolute Gasteiger partial charge is 0.360 e. The van der Waals surface area contributed by atoms with Crippen LogP contribution < -0.4 is 5.32 Å². The molecule has 2 aromatic rings. The number of rotatable bonds is 2. The van der Waals surface area contributed by atoms with Gasteiger partial charge in [0.25, 0.3) is 0 Å². The normalized spacial score (nSPS) is 22.9. The summed E-state index contributed by atoms with van der Waals surface area (Å²) < 4.78 is 7.40. The molecule has 2 aliphatic heterocycles. The molecule has 122 valence electrons. The number of nitrogens with one attached hydrogen (secondary N) is 1. The van der Waals surface area contributed by atoms with Crippen molar-refractivity contribution in [1.29, 1.82) is 0 Å². The smallest absolute Gasteiger partial charge is 0.226 e. The van der Waals surface area contributed by atoms with Crippen molar-refractivity contribution < 1.29 is 9.32 Å². The van der Waals surface area contributed by atoms with E-state index >= 15 is 0 Å². The first-order valence-electron chi connectivity index (χ1n) is 8.11. The van der Waals surface area contributed by atoms with Gasteiger partial charge < -0.3 is 14.7 Å². The second-order valence-electron chi connectivity index (χ2n) is 6.60. The van der Waals surface area contributed by atoms with Crippen LogP contribution in [0.3, 0.4) is 0 Å². The summed E-state index contributed by atoms with van der Waals surface area (Å²) in [6.07, 6.45) is 4.34. The summed E-state index contributed by atoms with van der Waals surface area (Å²) >= 11 is 0. The highest BCUT2D eigenvalue weighted by molar-refractivity contribution is 5.94. The first-order valence-corrected chi connectivity index (χ1v) is 8.11. The Balaban J connectivity index is 1.68. The Morgan fingerprint density at radius 3 is 2.83 bits per heavy atom. The Morgan fingerprint density at radius 2 is 2.13 bits per heavy atom. The van der Waals surface area contributed by atoms with Crippen LogP contribution in [0.15, 0.2) is 16.8 Å². The second kappa shape index (κ2) is 5.49. The monoisotopic (exact) mass is 315 g/mol. The van der Waals surface area contributed by atoms with Crippen LogP contribution in [-0.4, -0.2) is 45.9 Å². The van der Waals surface area contributed by atoms with Crippen molar-refractivity contribution in [2.75, 3.05) is 25.5 Å². The van der Waals surface area contributed by atoms with Gasteiger partial charge in [-0.3, -0.25) is 4.79 Å². The predicted octanol–water partition coefficient (Wildman–Crippen LogP) is 1.92. The number of amides is 1. The van der Waals surface area contributed by atoms with E-state index in [-0.39, 0.29) is 11.8 Å². The van der Waals surface area contributed by atoms with Crippen LogP contribution in [0, 0.1) is 6.92 Å². The van der Waals surface area contributed by atoms with Crippen LogP contribution in [0.1, 0.15) is 48.2 Å². The van der Waals surface area contributed by atoms with Crippen molar-refractivity contribution in [1.82, 2.24) is 19.8 Å². The lowest BCUT2D eigenvalue weighted by Crippen LogP contribution is -2.33. The first kappa shape index (κ1) is 14.4. The van der Waals surface area contributed by atoms with Gasteiger partial charge in [0.2, 0.25) is 5.91 Å². The highest BCUT2D eigenvalue weighted by atomic mass is 16.5. The number of fused-ring (bicyclic) bond motifs is 1. The molecule has 0 radical (unpaired) electrons. The number of piperidine rings is 1. The van der Waals surface area contributed by atoms with Crippen LogP contribution in [0.4, 0.5) is 5.82 Å². The van der Waals surface area contributed by atoms with Crippen LogP contribution in [0.2, 0.25) is 0 Å². The number of carbonyl (C=O) groups excluding carboxylic acids is 1. The molecule has 2 aromatic heterocycles. The molecule has 1 amide bonds. The van der Waals surface area contributed by atoms with E-state index in [9.17, 15) is 4.79 Å². The van der Waals surface area contributed by atoms with Crippen molar-refractivity contribution in [2.24, 2.45) is 0 Å². The molecular weight excluding hydrogens is 294 g/mol. The number of anilines is 1. The zero-order valence-electron chi connectivity index (χ0n) is 13.5. The molecule has 7 heteroatoms. The molecule has 0 aliphatic carbocycles. The Bertz CT molecular complexity index is 727. The van der Waals surface area contributed by atoms with E-state index in [1.807, 2.05) is 23.9 Å². The standard InChI is InChI=1S/C16H21N5O2/c1-10-7-14(23-19-10)12-8-15(22)18-16-13(12)9-17-21(16)11-3-5-20(2)6-4-11/h7,9,11-12H,3-6,8H2,1-2H3,(H,18,22). The third-order valence-electron chi connectivity index (χ3n) is 4.87. The SMILES string of the molecule is Cc1cc(C2CC(=O)Nc3c2cnn3C2CCN(C)CC2)on1. The number of likely N-dealkylation sites (tertiary alicyclic amines) is 1. The minimum Gasteiger partial charge on any atom is -0.360 e. The Morgan fingerprint density at radius 1 is 1.35 bits per heavy atom. The van der Waals surface area contributed by atoms with Crippen LogP contribution >= 0.6 is 0 Å². The van der Waals surface area contributed by atoms with E-state index in [2.05, 4.69) is 27.5 Å². The second-order valence-corrected chi connectivity index (χ2v) is 6.60. The fraction of sp³-hybridized carbons (Fsp3) is 0.562. The first-order chi connectivity index (χ1) is 11.1. The van der Waals surface area contributed by atoms with Crippen molar-refractivity contribution in [3.63, 3.8) is 0 Å². The van der Waals surface area contributed by atoms with Gasteiger partial charge in [-0.25, -0.2) is 4.68 Å². The molecule has 1 atom stereocenters. The Hall–Kier alpha value is -2.15. The van der Waals surface area contributed by atoms with Gasteiger partial charge in [0, 0.05) is 18.1 Å². The zero-order chi connectivity index (χ0) is 16.0. The molecule has 4 rings (SSSR count). The van der Waals surface area contributed by atoms with Crippen molar-refractivity contribution in [3.8, 4) is 0 Å². The lowest BCUT2D eigenvalue weighted by molar-refractivity contribution is -0.116. The Kier molecular flexibility index (Phi) is 3.45. The number of carbonyl (C=O) groups is 1. The van der Waals surface area contributed by atoms with Crippen LogP contribution in [0.25, 0.3) is 0 Å². The molecule has 0 aromatic carbocycles. The number of aryl methyl sites for hydroxylation is 1. The maximum absolute atomic E-state index is 12.2. The number of hydrogen-bond donors (Lipinski definition) is 1. The van der Waals surface area contributed by atoms with E-state index in [0.29, 0.717) is 12.5 Å². The van der Waals surface area contributed by atoms with Gasteiger partial charge in [-0.15, -0.1) is 0 Å². The van der Waals surface area contributed by atoms with Gasteiger partial charge in [0.1, 0.15) is 11.6 Å². The molecule has 1 saturated heterocycles. The fourth-order valence-corrected chi connectivity index (χ4v) is 3.56. The van der Waals surface area contributed by atoms with Gasteiger partial charge in [-0.2, -0.15) is 5.10 Å². The molecule has 1 N–H and O–H groups in total. The van der Waals surface area contributed by atoms with E-state index in [1.165, 1.54) is 0 Å². The molecule has 4 heterocycles. The topological polar surface area (TPSA) is 76.2 Å². The molecule has 0 spiro atoms. The van der Waals surface area contributed by atoms with Gasteiger partial charge in [-0.05, 0) is 39.9 Å². The van der Waals surface area contributed by atoms with E-state index in [4.69, 9.17) is 4.52 Å². The van der Waals surface area contributed by atoms with Crippen LogP contribution in [-0.2, 0) is 4.79 Å². The van der Waals surface area contributed by atoms with E-state index in [0.717, 1.165) is 48.8 Å². The molecule has 2 aliphatic rings. The van der Waals surface area contributed by atoms with Crippen molar-refractivity contribution >= 4 is 11.7 Å². The molecule has 0 bridgehead atoms. The third kappa shape index (κ3) is 2.55. The molecular formula is C16H21N5O2. The summed E-state index contributed by atoms with van der Waals surface area (Å²) in [7, 11) is 2.14. The number of aromatic nitrogens is 3. The quantitative estimate of drug-likeness (QED) is 0.916. The average Bonchev–Trinajstić information content (AvgIpc) is 3.14. The van der Waals surface area contributed by atoms with Gasteiger partial charge >= 0.3 is 0 Å². The number of hydrogen-bond acceptors (Lipinski definition) is 5. The minimum absolute atomic E-state index is 0.00577. The highest BCUT2D eigenvalue weighted by Gasteiger charge is 2.34. The highest BCUT2D eigenvalue weighted by Crippen LogP contribution is 2.39. The van der Waals surface area contributed by atoms with Crippen molar-refractivity contribution in [3.05, 3.63) is 29.3 Å². The van der Waals surface area contributed by atoms with Crippen LogP contribution in [0.5, 0.6) is 0 Å². The maximum atomic E-state index is 12.2. The van der Waals surface area contributed by atoms with Crippen molar-refractivity contribution in [2.45, 2.75) is 38.1 Å². The summed E-state index contributed by atoms with van der Waals surface area (Å²) in [5.74, 6) is 1.47. The summed E-state index contributed by atoms with van der Waals surface area (Å²) in [5, 5.41) is 11.5.